The Hall–Kier alpha value is -3.48. The van der Waals surface area contributed by atoms with Gasteiger partial charge in [0.1, 0.15) is 6.07 Å². The van der Waals surface area contributed by atoms with Crippen molar-refractivity contribution in [2.75, 3.05) is 54.5 Å². The number of halogens is 1. The predicted molar refractivity (Wildman–Crippen MR) is 127 cm³/mol. The molecule has 4 heterocycles. The Morgan fingerprint density at radius 3 is 2.65 bits per heavy atom. The number of anilines is 3. The van der Waals surface area contributed by atoms with Crippen molar-refractivity contribution in [1.29, 1.82) is 5.26 Å². The first kappa shape index (κ1) is 22.3. The molecule has 0 aliphatic carbocycles. The van der Waals surface area contributed by atoms with E-state index in [2.05, 4.69) is 21.3 Å². The van der Waals surface area contributed by atoms with Crippen LogP contribution in [0.25, 0.3) is 11.7 Å². The van der Waals surface area contributed by atoms with Gasteiger partial charge in [-0.15, -0.1) is 0 Å². The van der Waals surface area contributed by atoms with E-state index in [4.69, 9.17) is 25.2 Å². The second kappa shape index (κ2) is 9.79. The third kappa shape index (κ3) is 4.60. The number of rotatable bonds is 5. The molecule has 9 nitrogen and oxygen atoms in total. The summed E-state index contributed by atoms with van der Waals surface area (Å²) in [5.41, 5.74) is 1.87. The van der Waals surface area contributed by atoms with E-state index in [0.29, 0.717) is 61.5 Å². The molecule has 176 valence electrons. The van der Waals surface area contributed by atoms with Crippen LogP contribution in [0.5, 0.6) is 0 Å². The number of piperidine rings is 1. The van der Waals surface area contributed by atoms with Crippen LogP contribution in [0.4, 0.5) is 17.3 Å². The Kier molecular flexibility index (Phi) is 6.43. The highest BCUT2D eigenvalue weighted by molar-refractivity contribution is 6.31. The fourth-order valence-corrected chi connectivity index (χ4v) is 4.54. The zero-order chi connectivity index (χ0) is 23.5. The van der Waals surface area contributed by atoms with E-state index in [0.717, 1.165) is 18.8 Å². The number of nitrogens with zero attached hydrogens (tertiary/aromatic N) is 4. The van der Waals surface area contributed by atoms with Crippen molar-refractivity contribution in [2.24, 2.45) is 5.92 Å². The van der Waals surface area contributed by atoms with Gasteiger partial charge >= 0.3 is 0 Å². The van der Waals surface area contributed by atoms with Gasteiger partial charge in [0, 0.05) is 37.1 Å². The molecular weight excluding hydrogens is 458 g/mol. The molecule has 0 saturated carbocycles. The number of carbonyl (C=O) groups is 1. The van der Waals surface area contributed by atoms with Crippen molar-refractivity contribution in [3.63, 3.8) is 0 Å². The van der Waals surface area contributed by atoms with Crippen molar-refractivity contribution >= 4 is 34.8 Å². The monoisotopic (exact) mass is 481 g/mol. The van der Waals surface area contributed by atoms with Gasteiger partial charge in [0.2, 0.25) is 17.5 Å². The van der Waals surface area contributed by atoms with E-state index < -0.39 is 0 Å². The molecule has 0 spiro atoms. The summed E-state index contributed by atoms with van der Waals surface area (Å²) in [4.78, 5) is 21.5. The van der Waals surface area contributed by atoms with Crippen molar-refractivity contribution in [3.8, 4) is 17.7 Å². The number of furan rings is 1. The quantitative estimate of drug-likeness (QED) is 0.579. The summed E-state index contributed by atoms with van der Waals surface area (Å²) in [7, 11) is 0. The van der Waals surface area contributed by atoms with Gasteiger partial charge in [-0.1, -0.05) is 11.6 Å². The van der Waals surface area contributed by atoms with Crippen LogP contribution in [-0.2, 0) is 9.53 Å². The Bertz CT molecular complexity index is 1190. The van der Waals surface area contributed by atoms with Gasteiger partial charge in [0.25, 0.3) is 5.89 Å². The summed E-state index contributed by atoms with van der Waals surface area (Å²) in [5, 5.41) is 13.2. The van der Waals surface area contributed by atoms with Gasteiger partial charge in [0.05, 0.1) is 30.9 Å². The predicted octanol–water partition coefficient (Wildman–Crippen LogP) is 4.15. The Morgan fingerprint density at radius 2 is 1.94 bits per heavy atom. The Labute approximate surface area is 201 Å². The van der Waals surface area contributed by atoms with Gasteiger partial charge in [-0.05, 0) is 43.2 Å². The molecule has 1 amide bonds. The molecule has 2 saturated heterocycles. The third-order valence-corrected chi connectivity index (χ3v) is 6.40. The highest BCUT2D eigenvalue weighted by Gasteiger charge is 2.30. The van der Waals surface area contributed by atoms with Crippen molar-refractivity contribution in [2.45, 2.75) is 12.8 Å². The van der Waals surface area contributed by atoms with Crippen LogP contribution in [0, 0.1) is 17.2 Å². The molecule has 2 aliphatic rings. The number of benzene rings is 1. The molecule has 0 bridgehead atoms. The maximum atomic E-state index is 13.1. The van der Waals surface area contributed by atoms with Crippen LogP contribution >= 0.6 is 11.6 Å². The zero-order valence-corrected chi connectivity index (χ0v) is 19.3. The number of amides is 1. The van der Waals surface area contributed by atoms with Gasteiger partial charge in [-0.25, -0.2) is 0 Å². The molecule has 10 heteroatoms. The maximum absolute atomic E-state index is 13.1. The van der Waals surface area contributed by atoms with E-state index in [1.165, 1.54) is 6.26 Å². The number of ether oxygens (including phenoxy) is 1. The SMILES string of the molecule is N#Cc1nc(-c2ccco2)oc1N1CCC(C(=O)Nc2cc(Cl)ccc2N2CCOCC2)CC1. The number of hydrogen-bond donors (Lipinski definition) is 1. The lowest BCUT2D eigenvalue weighted by molar-refractivity contribution is -0.120. The molecular formula is C24H24ClN5O4. The fraction of sp³-hybridized carbons (Fsp3) is 0.375. The Balaban J connectivity index is 1.25. The number of morpholine rings is 1. The van der Waals surface area contributed by atoms with Crippen LogP contribution in [0.15, 0.2) is 45.4 Å². The summed E-state index contributed by atoms with van der Waals surface area (Å²) in [6.07, 6.45) is 2.78. The minimum atomic E-state index is -0.161. The highest BCUT2D eigenvalue weighted by atomic mass is 35.5. The van der Waals surface area contributed by atoms with Crippen LogP contribution < -0.4 is 15.1 Å². The van der Waals surface area contributed by atoms with E-state index >= 15 is 0 Å². The molecule has 34 heavy (non-hydrogen) atoms. The lowest BCUT2D eigenvalue weighted by atomic mass is 9.95. The number of hydrogen-bond acceptors (Lipinski definition) is 8. The summed E-state index contributed by atoms with van der Waals surface area (Å²) in [5.74, 6) is 0.955. The number of nitrogens with one attached hydrogen (secondary N) is 1. The average Bonchev–Trinajstić information content (AvgIpc) is 3.55. The number of nitriles is 1. The minimum Gasteiger partial charge on any atom is -0.459 e. The second-order valence-electron chi connectivity index (χ2n) is 8.27. The van der Waals surface area contributed by atoms with Gasteiger partial charge in [-0.2, -0.15) is 10.2 Å². The molecule has 2 fully saturated rings. The molecule has 1 aromatic carbocycles. The normalized spacial score (nSPS) is 16.9. The van der Waals surface area contributed by atoms with E-state index in [1.807, 2.05) is 17.0 Å². The molecule has 3 aromatic rings. The van der Waals surface area contributed by atoms with Crippen LogP contribution in [0.1, 0.15) is 18.5 Å². The summed E-state index contributed by atoms with van der Waals surface area (Å²) in [6.45, 7) is 3.99. The molecule has 1 N–H and O–H groups in total. The first-order chi connectivity index (χ1) is 16.6. The number of carbonyl (C=O) groups excluding carboxylic acids is 1. The number of oxazole rings is 1. The first-order valence-electron chi connectivity index (χ1n) is 11.3. The van der Waals surface area contributed by atoms with Gasteiger partial charge in [-0.3, -0.25) is 4.79 Å². The van der Waals surface area contributed by atoms with Crippen molar-refractivity contribution in [1.82, 2.24) is 4.98 Å². The smallest absolute Gasteiger partial charge is 0.266 e. The largest absolute Gasteiger partial charge is 0.459 e. The lowest BCUT2D eigenvalue weighted by Gasteiger charge is -2.32. The van der Waals surface area contributed by atoms with E-state index in [-0.39, 0.29) is 23.4 Å². The standard InChI is InChI=1S/C24H24ClN5O4/c25-17-3-4-20(29-9-12-32-13-10-29)18(14-17)27-22(31)16-5-7-30(8-6-16)24-19(15-26)28-23(34-24)21-2-1-11-33-21/h1-4,11,14,16H,5-10,12-13H2,(H,27,31). The number of aromatic nitrogens is 1. The van der Waals surface area contributed by atoms with Crippen LogP contribution in [0.3, 0.4) is 0 Å². The molecule has 0 radical (unpaired) electrons. The summed E-state index contributed by atoms with van der Waals surface area (Å²) in [6, 6.07) is 11.1. The second-order valence-corrected chi connectivity index (χ2v) is 8.71. The van der Waals surface area contributed by atoms with Crippen LogP contribution in [0.2, 0.25) is 5.02 Å². The topological polar surface area (TPSA) is 108 Å². The van der Waals surface area contributed by atoms with E-state index in [1.54, 1.807) is 18.2 Å². The highest BCUT2D eigenvalue weighted by Crippen LogP contribution is 2.33. The lowest BCUT2D eigenvalue weighted by Crippen LogP contribution is -2.39. The Morgan fingerprint density at radius 1 is 1.15 bits per heavy atom. The summed E-state index contributed by atoms with van der Waals surface area (Å²) < 4.78 is 16.6. The molecule has 2 aromatic heterocycles. The molecule has 2 aliphatic heterocycles. The maximum Gasteiger partial charge on any atom is 0.266 e. The molecule has 0 atom stereocenters. The fourth-order valence-electron chi connectivity index (χ4n) is 4.37. The summed E-state index contributed by atoms with van der Waals surface area (Å²) >= 11 is 6.23. The van der Waals surface area contributed by atoms with Gasteiger partial charge < -0.3 is 28.7 Å². The van der Waals surface area contributed by atoms with E-state index in [9.17, 15) is 10.1 Å². The van der Waals surface area contributed by atoms with Crippen molar-refractivity contribution in [3.05, 3.63) is 47.3 Å². The zero-order valence-electron chi connectivity index (χ0n) is 18.5. The minimum absolute atomic E-state index is 0.0363. The first-order valence-corrected chi connectivity index (χ1v) is 11.6. The molecule has 5 rings (SSSR count). The third-order valence-electron chi connectivity index (χ3n) is 6.17. The molecule has 0 unspecified atom stereocenters. The van der Waals surface area contributed by atoms with Crippen LogP contribution in [-0.4, -0.2) is 50.3 Å². The van der Waals surface area contributed by atoms with Crippen molar-refractivity contribution < 1.29 is 18.4 Å². The van der Waals surface area contributed by atoms with Gasteiger partial charge in [0.15, 0.2) is 5.76 Å². The average molecular weight is 482 g/mol.